The second-order valence-corrected chi connectivity index (χ2v) is 5.45. The Bertz CT molecular complexity index is 400. The molecular weight excluding hydrogens is 369 g/mol. The van der Waals surface area contributed by atoms with Crippen LogP contribution in [0.5, 0.6) is 0 Å². The molecule has 5 heteroatoms. The molecule has 1 heterocycles. The van der Waals surface area contributed by atoms with E-state index in [0.717, 1.165) is 13.1 Å². The number of thioether (sulfide) groups is 1. The molecule has 19 heavy (non-hydrogen) atoms. The average Bonchev–Trinajstić information content (AvgIpc) is 2.46. The van der Waals surface area contributed by atoms with Gasteiger partial charge in [-0.3, -0.25) is 0 Å². The highest BCUT2D eigenvalue weighted by Crippen LogP contribution is 2.15. The van der Waals surface area contributed by atoms with Gasteiger partial charge >= 0.3 is 0 Å². The third-order valence-electron chi connectivity index (χ3n) is 3.26. The lowest BCUT2D eigenvalue weighted by atomic mass is 10.1. The van der Waals surface area contributed by atoms with E-state index in [4.69, 9.17) is 5.73 Å². The van der Waals surface area contributed by atoms with E-state index in [1.807, 2.05) is 0 Å². The van der Waals surface area contributed by atoms with Crippen LogP contribution < -0.4 is 5.73 Å². The molecule has 2 rings (SSSR count). The molecule has 0 amide bonds. The van der Waals surface area contributed by atoms with E-state index in [0.29, 0.717) is 12.5 Å². The SMILES string of the molecule is CSc1ccc(CN=C(N)N2CCCCC2)cc1.I. The summed E-state index contributed by atoms with van der Waals surface area (Å²) in [6, 6.07) is 8.51. The Kier molecular flexibility index (Phi) is 7.60. The normalized spacial score (nSPS) is 16.1. The fourth-order valence-electron chi connectivity index (χ4n) is 2.13. The average molecular weight is 391 g/mol. The number of nitrogens with two attached hydrogens (primary N) is 1. The van der Waals surface area contributed by atoms with Crippen LogP contribution in [-0.2, 0) is 6.54 Å². The number of guanidine groups is 1. The summed E-state index contributed by atoms with van der Waals surface area (Å²) in [4.78, 5) is 7.97. The fraction of sp³-hybridized carbons (Fsp3) is 0.500. The molecular formula is C14H22IN3S. The number of aliphatic imine (C=N–C) groups is 1. The molecule has 1 aromatic rings. The second kappa shape index (κ2) is 8.68. The number of hydrogen-bond acceptors (Lipinski definition) is 2. The van der Waals surface area contributed by atoms with Crippen molar-refractivity contribution in [2.45, 2.75) is 30.7 Å². The van der Waals surface area contributed by atoms with Gasteiger partial charge in [-0.2, -0.15) is 0 Å². The van der Waals surface area contributed by atoms with Gasteiger partial charge in [-0.25, -0.2) is 4.99 Å². The minimum atomic E-state index is 0. The highest BCUT2D eigenvalue weighted by molar-refractivity contribution is 14.0. The Hall–Kier alpha value is -0.430. The van der Waals surface area contributed by atoms with Gasteiger partial charge in [0.05, 0.1) is 6.54 Å². The van der Waals surface area contributed by atoms with Crippen molar-refractivity contribution in [1.82, 2.24) is 4.90 Å². The van der Waals surface area contributed by atoms with Gasteiger partial charge in [0.2, 0.25) is 0 Å². The largest absolute Gasteiger partial charge is 0.370 e. The number of nitrogens with zero attached hydrogens (tertiary/aromatic N) is 2. The lowest BCUT2D eigenvalue weighted by Crippen LogP contribution is -2.40. The fourth-order valence-corrected chi connectivity index (χ4v) is 2.53. The predicted molar refractivity (Wildman–Crippen MR) is 94.4 cm³/mol. The number of likely N-dealkylation sites (tertiary alicyclic amines) is 1. The summed E-state index contributed by atoms with van der Waals surface area (Å²) < 4.78 is 0. The summed E-state index contributed by atoms with van der Waals surface area (Å²) in [6.45, 7) is 2.79. The zero-order valence-corrected chi connectivity index (χ0v) is 14.5. The third kappa shape index (κ3) is 5.22. The minimum absolute atomic E-state index is 0. The van der Waals surface area contributed by atoms with Crippen LogP contribution in [0.15, 0.2) is 34.2 Å². The number of benzene rings is 1. The van der Waals surface area contributed by atoms with Crippen molar-refractivity contribution in [3.8, 4) is 0 Å². The molecule has 1 fully saturated rings. The van der Waals surface area contributed by atoms with E-state index in [1.165, 1.54) is 29.7 Å². The molecule has 0 spiro atoms. The van der Waals surface area contributed by atoms with Gasteiger partial charge in [0.1, 0.15) is 0 Å². The highest BCUT2D eigenvalue weighted by atomic mass is 127. The van der Waals surface area contributed by atoms with Gasteiger partial charge < -0.3 is 10.6 Å². The lowest BCUT2D eigenvalue weighted by Gasteiger charge is -2.27. The van der Waals surface area contributed by atoms with Crippen molar-refractivity contribution >= 4 is 41.7 Å². The van der Waals surface area contributed by atoms with Crippen molar-refractivity contribution in [3.63, 3.8) is 0 Å². The molecule has 0 unspecified atom stereocenters. The monoisotopic (exact) mass is 391 g/mol. The number of halogens is 1. The standard InChI is InChI=1S/C14H21N3S.HI/c1-18-13-7-5-12(6-8-13)11-16-14(15)17-9-3-2-4-10-17;/h5-8H,2-4,9-11H2,1H3,(H2,15,16);1H. The van der Waals surface area contributed by atoms with Gasteiger partial charge in [-0.1, -0.05) is 12.1 Å². The van der Waals surface area contributed by atoms with E-state index in [1.54, 1.807) is 11.8 Å². The smallest absolute Gasteiger partial charge is 0.191 e. The first kappa shape index (κ1) is 16.6. The van der Waals surface area contributed by atoms with Crippen LogP contribution in [0.3, 0.4) is 0 Å². The molecule has 0 radical (unpaired) electrons. The summed E-state index contributed by atoms with van der Waals surface area (Å²) in [5.74, 6) is 0.698. The van der Waals surface area contributed by atoms with Crippen molar-refractivity contribution < 1.29 is 0 Å². The Labute approximate surface area is 137 Å². The van der Waals surface area contributed by atoms with Crippen molar-refractivity contribution in [2.24, 2.45) is 10.7 Å². The van der Waals surface area contributed by atoms with Crippen LogP contribution >= 0.6 is 35.7 Å². The highest BCUT2D eigenvalue weighted by Gasteiger charge is 2.11. The van der Waals surface area contributed by atoms with E-state index in [9.17, 15) is 0 Å². The number of hydrogen-bond donors (Lipinski definition) is 1. The van der Waals surface area contributed by atoms with Crippen LogP contribution in [-0.4, -0.2) is 30.2 Å². The van der Waals surface area contributed by atoms with Crippen molar-refractivity contribution in [2.75, 3.05) is 19.3 Å². The molecule has 1 aliphatic rings. The van der Waals surface area contributed by atoms with Crippen LogP contribution in [0.4, 0.5) is 0 Å². The Morgan fingerprint density at radius 2 is 1.84 bits per heavy atom. The molecule has 3 nitrogen and oxygen atoms in total. The zero-order chi connectivity index (χ0) is 12.8. The summed E-state index contributed by atoms with van der Waals surface area (Å²) >= 11 is 1.76. The Morgan fingerprint density at radius 3 is 2.42 bits per heavy atom. The maximum absolute atomic E-state index is 6.02. The predicted octanol–water partition coefficient (Wildman–Crippen LogP) is 3.33. The topological polar surface area (TPSA) is 41.6 Å². The minimum Gasteiger partial charge on any atom is -0.370 e. The molecule has 106 valence electrons. The summed E-state index contributed by atoms with van der Waals surface area (Å²) in [6.07, 6.45) is 5.87. The van der Waals surface area contributed by atoms with Crippen LogP contribution in [0.25, 0.3) is 0 Å². The maximum atomic E-state index is 6.02. The molecule has 0 aromatic heterocycles. The molecule has 0 saturated carbocycles. The van der Waals surface area contributed by atoms with Gasteiger partial charge in [-0.15, -0.1) is 35.7 Å². The molecule has 1 aliphatic heterocycles. The van der Waals surface area contributed by atoms with Gasteiger partial charge in [-0.05, 0) is 43.2 Å². The molecule has 1 saturated heterocycles. The summed E-state index contributed by atoms with van der Waals surface area (Å²) in [7, 11) is 0. The zero-order valence-electron chi connectivity index (χ0n) is 11.3. The van der Waals surface area contributed by atoms with Crippen LogP contribution in [0, 0.1) is 0 Å². The quantitative estimate of drug-likeness (QED) is 0.372. The van der Waals surface area contributed by atoms with E-state index in [-0.39, 0.29) is 24.0 Å². The summed E-state index contributed by atoms with van der Waals surface area (Å²) in [5.41, 5.74) is 7.24. The molecule has 0 bridgehead atoms. The lowest BCUT2D eigenvalue weighted by molar-refractivity contribution is 0.338. The maximum Gasteiger partial charge on any atom is 0.191 e. The molecule has 2 N–H and O–H groups in total. The van der Waals surface area contributed by atoms with Crippen LogP contribution in [0.1, 0.15) is 24.8 Å². The van der Waals surface area contributed by atoms with Crippen LogP contribution in [0.2, 0.25) is 0 Å². The van der Waals surface area contributed by atoms with Gasteiger partial charge in [0, 0.05) is 18.0 Å². The molecule has 1 aromatic carbocycles. The van der Waals surface area contributed by atoms with Crippen molar-refractivity contribution in [1.29, 1.82) is 0 Å². The molecule has 0 aliphatic carbocycles. The Balaban J connectivity index is 0.00000180. The number of piperidine rings is 1. The van der Waals surface area contributed by atoms with E-state index < -0.39 is 0 Å². The van der Waals surface area contributed by atoms with Gasteiger partial charge in [0.25, 0.3) is 0 Å². The van der Waals surface area contributed by atoms with Crippen molar-refractivity contribution in [3.05, 3.63) is 29.8 Å². The first-order valence-corrected chi connectivity index (χ1v) is 7.70. The Morgan fingerprint density at radius 1 is 1.21 bits per heavy atom. The number of rotatable bonds is 3. The molecule has 0 atom stereocenters. The first-order chi connectivity index (χ1) is 8.79. The third-order valence-corrected chi connectivity index (χ3v) is 4.01. The first-order valence-electron chi connectivity index (χ1n) is 6.47. The summed E-state index contributed by atoms with van der Waals surface area (Å²) in [5, 5.41) is 0. The van der Waals surface area contributed by atoms with E-state index in [2.05, 4.69) is 40.4 Å². The van der Waals surface area contributed by atoms with Gasteiger partial charge in [0.15, 0.2) is 5.96 Å². The second-order valence-electron chi connectivity index (χ2n) is 4.57. The van der Waals surface area contributed by atoms with E-state index >= 15 is 0 Å².